The number of nitrogens with zero attached hydrogens (tertiary/aromatic N) is 3. The number of carbonyl (C=O) groups is 1. The van der Waals surface area contributed by atoms with Crippen molar-refractivity contribution in [3.05, 3.63) is 36.4 Å². The van der Waals surface area contributed by atoms with Gasteiger partial charge in [0.15, 0.2) is 5.82 Å². The van der Waals surface area contributed by atoms with E-state index in [0.717, 1.165) is 6.20 Å². The molecule has 0 saturated carbocycles. The zero-order valence-corrected chi connectivity index (χ0v) is 20.9. The Morgan fingerprint density at radius 2 is 1.97 bits per heavy atom. The fraction of sp³-hybridized carbons (Fsp3) is 0.524. The third-order valence-corrected chi connectivity index (χ3v) is 7.58. The Kier molecular flexibility index (Phi) is 10.6. The number of rotatable bonds is 5. The molecule has 0 unspecified atom stereocenters. The van der Waals surface area contributed by atoms with Crippen molar-refractivity contribution >= 4 is 52.3 Å². The quantitative estimate of drug-likeness (QED) is 0.545. The minimum Gasteiger partial charge on any atom is -0.340 e. The van der Waals surface area contributed by atoms with Gasteiger partial charge in [-0.2, -0.15) is 4.31 Å². The van der Waals surface area contributed by atoms with Gasteiger partial charge in [0.2, 0.25) is 5.91 Å². The van der Waals surface area contributed by atoms with Crippen molar-refractivity contribution in [1.29, 1.82) is 0 Å². The average Bonchev–Trinajstić information content (AvgIpc) is 2.88. The van der Waals surface area contributed by atoms with Crippen molar-refractivity contribution in [1.82, 2.24) is 14.2 Å². The lowest BCUT2D eigenvalue weighted by atomic mass is 10.0. The third-order valence-electron chi connectivity index (χ3n) is 5.46. The van der Waals surface area contributed by atoms with Crippen molar-refractivity contribution in [3.8, 4) is 0 Å². The van der Waals surface area contributed by atoms with Crippen LogP contribution in [-0.2, 0) is 4.79 Å². The summed E-state index contributed by atoms with van der Waals surface area (Å²) in [5.74, 6) is -0.397. The van der Waals surface area contributed by atoms with Gasteiger partial charge in [-0.25, -0.2) is 4.39 Å². The highest BCUT2D eigenvalue weighted by molar-refractivity contribution is 8.22. The van der Waals surface area contributed by atoms with E-state index >= 15 is 0 Å². The number of hydrogen-bond donors (Lipinski definition) is 3. The van der Waals surface area contributed by atoms with Crippen LogP contribution in [0.2, 0.25) is 0 Å². The first-order valence-electron chi connectivity index (χ1n) is 10.2. The molecule has 1 fully saturated rings. The smallest absolute Gasteiger partial charge is 0.239 e. The second-order valence-electron chi connectivity index (χ2n) is 8.36. The Hall–Kier alpha value is -1.20. The normalized spacial score (nSPS) is 19.1. The summed E-state index contributed by atoms with van der Waals surface area (Å²) in [6.45, 7) is 7.08. The van der Waals surface area contributed by atoms with Gasteiger partial charge in [-0.3, -0.25) is 18.9 Å². The minimum atomic E-state index is -3.48. The van der Waals surface area contributed by atoms with E-state index in [4.69, 9.17) is 5.73 Å². The van der Waals surface area contributed by atoms with Crippen LogP contribution >= 0.6 is 35.6 Å². The third kappa shape index (κ3) is 6.02. The van der Waals surface area contributed by atoms with E-state index in [1.807, 2.05) is 20.8 Å². The van der Waals surface area contributed by atoms with Crippen molar-refractivity contribution in [2.75, 3.05) is 19.6 Å². The summed E-state index contributed by atoms with van der Waals surface area (Å²) in [4.78, 5) is 18.5. The minimum absolute atomic E-state index is 0. The maximum absolute atomic E-state index is 14.5. The number of aromatic nitrogens is 1. The fourth-order valence-corrected chi connectivity index (χ4v) is 6.03. The predicted molar refractivity (Wildman–Crippen MR) is 132 cm³/mol. The lowest BCUT2D eigenvalue weighted by Crippen LogP contribution is -2.48. The summed E-state index contributed by atoms with van der Waals surface area (Å²) >= 11 is 0. The summed E-state index contributed by atoms with van der Waals surface area (Å²) < 4.78 is 38.6. The summed E-state index contributed by atoms with van der Waals surface area (Å²) in [6, 6.07) is 3.99. The molecule has 1 aliphatic heterocycles. The molecule has 0 radical (unpaired) electrons. The number of pyridine rings is 1. The van der Waals surface area contributed by atoms with Gasteiger partial charge in [0.05, 0.1) is 17.1 Å². The number of amides is 1. The number of nitrogens with two attached hydrogens (primary N) is 1. The van der Waals surface area contributed by atoms with E-state index in [2.05, 4.69) is 4.98 Å². The Bertz CT molecular complexity index is 916. The number of carbonyl (C=O) groups excluding carboxylic acids is 1. The van der Waals surface area contributed by atoms with Crippen LogP contribution in [0.15, 0.2) is 35.5 Å². The highest BCUT2D eigenvalue weighted by Crippen LogP contribution is 2.55. The van der Waals surface area contributed by atoms with Gasteiger partial charge in [-0.1, -0.05) is 26.0 Å². The number of fused-ring (bicyclic) bond motifs is 1. The zero-order valence-electron chi connectivity index (χ0n) is 18.5. The lowest BCUT2D eigenvalue weighted by Gasteiger charge is -2.46. The van der Waals surface area contributed by atoms with E-state index in [9.17, 15) is 18.3 Å². The summed E-state index contributed by atoms with van der Waals surface area (Å²) in [5.41, 5.74) is 6.09. The van der Waals surface area contributed by atoms with Gasteiger partial charge in [0.1, 0.15) is 0 Å². The molecule has 32 heavy (non-hydrogen) atoms. The van der Waals surface area contributed by atoms with Crippen molar-refractivity contribution < 1.29 is 18.3 Å². The Labute approximate surface area is 202 Å². The number of benzene rings is 1. The molecule has 1 aromatic heterocycles. The molecule has 2 heterocycles. The first-order chi connectivity index (χ1) is 14.1. The van der Waals surface area contributed by atoms with Gasteiger partial charge in [-0.15, -0.1) is 35.6 Å². The number of hydrogen-bond acceptors (Lipinski definition) is 6. The molecule has 0 aliphatic carbocycles. The summed E-state index contributed by atoms with van der Waals surface area (Å²) in [5, 5.41) is 0.669. The van der Waals surface area contributed by atoms with E-state index < -0.39 is 22.6 Å². The van der Waals surface area contributed by atoms with Crippen LogP contribution < -0.4 is 5.73 Å². The van der Waals surface area contributed by atoms with E-state index in [0.29, 0.717) is 43.8 Å². The van der Waals surface area contributed by atoms with Crippen LogP contribution in [0.1, 0.15) is 33.6 Å². The van der Waals surface area contributed by atoms with Crippen LogP contribution in [0.25, 0.3) is 10.8 Å². The molecule has 1 aliphatic rings. The monoisotopic (exact) mass is 510 g/mol. The molecule has 4 N–H and O–H groups in total. The van der Waals surface area contributed by atoms with Crippen LogP contribution in [-0.4, -0.2) is 60.9 Å². The zero-order chi connectivity index (χ0) is 22.1. The van der Waals surface area contributed by atoms with Crippen LogP contribution in [0.5, 0.6) is 0 Å². The van der Waals surface area contributed by atoms with E-state index in [-0.39, 0.29) is 47.0 Å². The molecule has 182 valence electrons. The Balaban J connectivity index is 0.00000256. The van der Waals surface area contributed by atoms with Crippen molar-refractivity contribution in [2.24, 2.45) is 11.7 Å². The highest BCUT2D eigenvalue weighted by Gasteiger charge is 2.35. The largest absolute Gasteiger partial charge is 0.340 e. The van der Waals surface area contributed by atoms with Gasteiger partial charge in [0, 0.05) is 42.6 Å². The second kappa shape index (κ2) is 11.8. The highest BCUT2D eigenvalue weighted by atomic mass is 35.5. The summed E-state index contributed by atoms with van der Waals surface area (Å²) in [7, 11) is -3.48. The molecule has 11 heteroatoms. The van der Waals surface area contributed by atoms with Gasteiger partial charge >= 0.3 is 0 Å². The van der Waals surface area contributed by atoms with Gasteiger partial charge < -0.3 is 10.6 Å². The molecule has 1 aromatic carbocycles. The first kappa shape index (κ1) is 28.8. The van der Waals surface area contributed by atoms with Gasteiger partial charge in [0.25, 0.3) is 0 Å². The van der Waals surface area contributed by atoms with Crippen LogP contribution in [0.4, 0.5) is 4.39 Å². The second-order valence-corrected chi connectivity index (χ2v) is 10.3. The predicted octanol–water partition coefficient (Wildman–Crippen LogP) is 4.54. The molecule has 2 atom stereocenters. The summed E-state index contributed by atoms with van der Waals surface area (Å²) in [6.07, 6.45) is 3.74. The molecular formula is C21H33Cl2FN4O3S. The topological polar surface area (TPSA) is 103 Å². The fourth-order valence-electron chi connectivity index (χ4n) is 4.07. The maximum atomic E-state index is 14.5. The molecule has 1 amide bonds. The Morgan fingerprint density at radius 3 is 2.62 bits per heavy atom. The molecule has 0 spiro atoms. The molecule has 1 saturated heterocycles. The molecule has 3 rings (SSSR count). The van der Waals surface area contributed by atoms with Crippen molar-refractivity contribution in [3.63, 3.8) is 0 Å². The maximum Gasteiger partial charge on any atom is 0.239 e. The first-order valence-corrected chi connectivity index (χ1v) is 11.7. The number of halogens is 3. The van der Waals surface area contributed by atoms with E-state index in [1.54, 1.807) is 27.4 Å². The van der Waals surface area contributed by atoms with E-state index in [1.165, 1.54) is 6.20 Å². The molecule has 0 bridgehead atoms. The van der Waals surface area contributed by atoms with Crippen LogP contribution in [0, 0.1) is 11.7 Å². The molecule has 7 nitrogen and oxygen atoms in total. The SMILES string of the molecule is CC(C)C[C@@H](N)C(=O)N1CCCN(S(O)(O)c2cccc3cncc(F)c23)[C@@H](C)C1.Cl.Cl. The van der Waals surface area contributed by atoms with Crippen molar-refractivity contribution in [2.45, 2.75) is 50.6 Å². The lowest BCUT2D eigenvalue weighted by molar-refractivity contribution is -0.133. The molecular weight excluding hydrogens is 478 g/mol. The molecule has 2 aromatic rings. The Morgan fingerprint density at radius 1 is 1.28 bits per heavy atom. The average molecular weight is 511 g/mol. The standard InChI is InChI=1S/C21H31FN4O3S.2ClH/c1-14(2)10-18(23)21(27)25-8-5-9-26(15(3)13-25)30(28,29)19-7-4-6-16-11-24-12-17(22)20(16)19;;/h4,6-7,11-12,14-15,18,28-29H,5,8-10,13,23H2,1-3H3;2*1H/t15-,18+;;/m0../s1. The van der Waals surface area contributed by atoms with Crippen LogP contribution in [0.3, 0.4) is 0 Å². The van der Waals surface area contributed by atoms with Gasteiger partial charge in [-0.05, 0) is 31.7 Å².